The molecule has 2 amide bonds. The van der Waals surface area contributed by atoms with E-state index in [1.165, 1.54) is 11.1 Å². The predicted molar refractivity (Wildman–Crippen MR) is 109 cm³/mol. The van der Waals surface area contributed by atoms with Crippen LogP contribution >= 0.6 is 0 Å². The Morgan fingerprint density at radius 3 is 2.38 bits per heavy atom. The lowest BCUT2D eigenvalue weighted by Gasteiger charge is -2.21. The van der Waals surface area contributed by atoms with Crippen molar-refractivity contribution >= 4 is 17.8 Å². The van der Waals surface area contributed by atoms with Gasteiger partial charge in [0.25, 0.3) is 5.91 Å². The van der Waals surface area contributed by atoms with E-state index in [0.717, 1.165) is 5.69 Å². The van der Waals surface area contributed by atoms with Crippen LogP contribution in [0.5, 0.6) is 0 Å². The van der Waals surface area contributed by atoms with Gasteiger partial charge in [-0.3, -0.25) is 9.59 Å². The summed E-state index contributed by atoms with van der Waals surface area (Å²) in [5.74, 6) is -0.825. The van der Waals surface area contributed by atoms with Crippen molar-refractivity contribution in [2.45, 2.75) is 40.7 Å². The number of ether oxygens (including phenoxy) is 1. The summed E-state index contributed by atoms with van der Waals surface area (Å²) < 4.78 is 6.65. The molecule has 1 aromatic carbocycles. The van der Waals surface area contributed by atoms with Crippen molar-refractivity contribution in [3.63, 3.8) is 0 Å². The Balaban J connectivity index is 2.16. The molecule has 1 aromatic heterocycles. The van der Waals surface area contributed by atoms with E-state index in [0.29, 0.717) is 30.0 Å². The Hall–Kier alpha value is -3.16. The van der Waals surface area contributed by atoms with E-state index in [9.17, 15) is 14.4 Å². The third-order valence-corrected chi connectivity index (χ3v) is 4.32. The third-order valence-electron chi connectivity index (χ3n) is 4.32. The van der Waals surface area contributed by atoms with Gasteiger partial charge in [0, 0.05) is 18.2 Å². The number of aromatic nitrogens is 2. The van der Waals surface area contributed by atoms with Crippen molar-refractivity contribution in [1.29, 1.82) is 0 Å². The van der Waals surface area contributed by atoms with E-state index < -0.39 is 5.97 Å². The number of hydrogen-bond acceptors (Lipinski definition) is 5. The molecule has 0 aliphatic heterocycles. The summed E-state index contributed by atoms with van der Waals surface area (Å²) in [6.45, 7) is 9.84. The smallest absolute Gasteiger partial charge is 0.341 e. The van der Waals surface area contributed by atoms with Crippen molar-refractivity contribution in [3.05, 3.63) is 47.3 Å². The molecule has 29 heavy (non-hydrogen) atoms. The summed E-state index contributed by atoms with van der Waals surface area (Å²) in [5, 5.41) is 7.04. The van der Waals surface area contributed by atoms with Crippen LogP contribution in [0.15, 0.2) is 30.5 Å². The fraction of sp³-hybridized carbons (Fsp3) is 0.429. The molecule has 0 spiro atoms. The number of benzene rings is 1. The summed E-state index contributed by atoms with van der Waals surface area (Å²) in [6, 6.07) is 6.90. The fourth-order valence-corrected chi connectivity index (χ4v) is 2.88. The zero-order valence-corrected chi connectivity index (χ0v) is 17.6. The Bertz CT molecular complexity index is 871. The van der Waals surface area contributed by atoms with Crippen LogP contribution in [-0.4, -0.2) is 58.2 Å². The molecule has 0 unspecified atom stereocenters. The molecule has 0 radical (unpaired) electrons. The molecule has 2 rings (SSSR count). The number of rotatable bonds is 8. The van der Waals surface area contributed by atoms with Crippen molar-refractivity contribution < 1.29 is 19.1 Å². The third kappa shape index (κ3) is 5.43. The minimum absolute atomic E-state index is 0.0103. The molecular weight excluding hydrogens is 372 g/mol. The first kappa shape index (κ1) is 22.1. The normalized spacial score (nSPS) is 10.7. The van der Waals surface area contributed by atoms with Crippen LogP contribution in [0.4, 0.5) is 0 Å². The largest absolute Gasteiger partial charge is 0.462 e. The molecule has 0 aliphatic carbocycles. The van der Waals surface area contributed by atoms with Crippen molar-refractivity contribution in [2.24, 2.45) is 0 Å². The Labute approximate surface area is 170 Å². The topological polar surface area (TPSA) is 93.5 Å². The second-order valence-corrected chi connectivity index (χ2v) is 6.86. The molecule has 1 N–H and O–H groups in total. The second kappa shape index (κ2) is 9.86. The van der Waals surface area contributed by atoms with Crippen LogP contribution in [0.2, 0.25) is 0 Å². The number of nitrogens with one attached hydrogen (secondary N) is 1. The highest BCUT2D eigenvalue weighted by molar-refractivity contribution is 5.96. The van der Waals surface area contributed by atoms with Crippen LogP contribution in [0.1, 0.15) is 54.1 Å². The van der Waals surface area contributed by atoms with E-state index in [4.69, 9.17) is 4.74 Å². The number of carbonyl (C=O) groups is 3. The van der Waals surface area contributed by atoms with Crippen LogP contribution in [0.3, 0.4) is 0 Å². The molecule has 2 aromatic rings. The van der Waals surface area contributed by atoms with Gasteiger partial charge >= 0.3 is 5.97 Å². The average molecular weight is 400 g/mol. The zero-order valence-electron chi connectivity index (χ0n) is 17.6. The van der Waals surface area contributed by atoms with Crippen molar-refractivity contribution in [2.75, 3.05) is 19.7 Å². The first-order valence-corrected chi connectivity index (χ1v) is 9.69. The van der Waals surface area contributed by atoms with Gasteiger partial charge in [-0.1, -0.05) is 0 Å². The molecule has 0 atom stereocenters. The SMILES string of the molecule is CCOC(=O)c1cnn(-c2ccc(C(=O)N(CC)CC(=O)NC(C)C)cc2)c1C. The predicted octanol–water partition coefficient (Wildman–Crippen LogP) is 2.34. The van der Waals surface area contributed by atoms with Gasteiger partial charge in [0.15, 0.2) is 0 Å². The molecule has 1 heterocycles. The van der Waals surface area contributed by atoms with Crippen molar-refractivity contribution in [3.8, 4) is 5.69 Å². The molecule has 0 saturated heterocycles. The number of likely N-dealkylation sites (N-methyl/N-ethyl adjacent to an activating group) is 1. The average Bonchev–Trinajstić information content (AvgIpc) is 3.06. The number of nitrogens with zero attached hydrogens (tertiary/aromatic N) is 3. The lowest BCUT2D eigenvalue weighted by atomic mass is 10.1. The standard InChI is InChI=1S/C21H28N4O4/c1-6-24(13-19(26)23-14(3)4)20(27)16-8-10-17(11-9-16)25-15(5)18(12-22-25)21(28)29-7-2/h8-12,14H,6-7,13H2,1-5H3,(H,23,26). The Kier molecular flexibility index (Phi) is 7.52. The lowest BCUT2D eigenvalue weighted by molar-refractivity contribution is -0.122. The monoisotopic (exact) mass is 400 g/mol. The summed E-state index contributed by atoms with van der Waals surface area (Å²) in [6.07, 6.45) is 1.47. The van der Waals surface area contributed by atoms with Crippen LogP contribution in [0, 0.1) is 6.92 Å². The van der Waals surface area contributed by atoms with E-state index in [1.807, 2.05) is 20.8 Å². The van der Waals surface area contributed by atoms with E-state index in [2.05, 4.69) is 10.4 Å². The molecule has 156 valence electrons. The molecule has 8 heteroatoms. The van der Waals surface area contributed by atoms with Gasteiger partial charge in [-0.05, 0) is 58.9 Å². The minimum Gasteiger partial charge on any atom is -0.462 e. The van der Waals surface area contributed by atoms with Gasteiger partial charge in [-0.2, -0.15) is 5.10 Å². The van der Waals surface area contributed by atoms with Crippen LogP contribution in [0.25, 0.3) is 5.69 Å². The van der Waals surface area contributed by atoms with Gasteiger partial charge < -0.3 is 15.0 Å². The zero-order chi connectivity index (χ0) is 21.6. The van der Waals surface area contributed by atoms with Gasteiger partial charge in [0.1, 0.15) is 5.56 Å². The number of esters is 1. The highest BCUT2D eigenvalue weighted by atomic mass is 16.5. The van der Waals surface area contributed by atoms with E-state index in [-0.39, 0.29) is 24.4 Å². The first-order valence-electron chi connectivity index (χ1n) is 9.69. The molecule has 0 aliphatic rings. The first-order chi connectivity index (χ1) is 13.8. The number of amides is 2. The summed E-state index contributed by atoms with van der Waals surface area (Å²) in [4.78, 5) is 38.2. The molecule has 8 nitrogen and oxygen atoms in total. The highest BCUT2D eigenvalue weighted by Gasteiger charge is 2.19. The maximum absolute atomic E-state index is 12.7. The quantitative estimate of drug-likeness (QED) is 0.687. The Morgan fingerprint density at radius 1 is 1.17 bits per heavy atom. The van der Waals surface area contributed by atoms with Gasteiger partial charge in [0.05, 0.1) is 30.7 Å². The van der Waals surface area contributed by atoms with Crippen LogP contribution < -0.4 is 5.32 Å². The molecule has 0 fully saturated rings. The Morgan fingerprint density at radius 2 is 1.83 bits per heavy atom. The fourth-order valence-electron chi connectivity index (χ4n) is 2.88. The summed E-state index contributed by atoms with van der Waals surface area (Å²) in [5.41, 5.74) is 2.25. The van der Waals surface area contributed by atoms with Crippen molar-refractivity contribution in [1.82, 2.24) is 20.0 Å². The maximum atomic E-state index is 12.7. The number of carbonyl (C=O) groups excluding carboxylic acids is 3. The summed E-state index contributed by atoms with van der Waals surface area (Å²) >= 11 is 0. The summed E-state index contributed by atoms with van der Waals surface area (Å²) in [7, 11) is 0. The number of hydrogen-bond donors (Lipinski definition) is 1. The van der Waals surface area contributed by atoms with Gasteiger partial charge in [-0.25, -0.2) is 9.48 Å². The van der Waals surface area contributed by atoms with Gasteiger partial charge in [0.2, 0.25) is 5.91 Å². The lowest BCUT2D eigenvalue weighted by Crippen LogP contribution is -2.42. The maximum Gasteiger partial charge on any atom is 0.341 e. The minimum atomic E-state index is -0.415. The molecular formula is C21H28N4O4. The van der Waals surface area contributed by atoms with Gasteiger partial charge in [-0.15, -0.1) is 0 Å². The highest BCUT2D eigenvalue weighted by Crippen LogP contribution is 2.16. The van der Waals surface area contributed by atoms with E-state index in [1.54, 1.807) is 42.8 Å². The second-order valence-electron chi connectivity index (χ2n) is 6.86. The van der Waals surface area contributed by atoms with Crippen LogP contribution in [-0.2, 0) is 9.53 Å². The molecule has 0 bridgehead atoms. The molecule has 0 saturated carbocycles. The van der Waals surface area contributed by atoms with E-state index >= 15 is 0 Å².